The summed E-state index contributed by atoms with van der Waals surface area (Å²) in [7, 11) is 0. The summed E-state index contributed by atoms with van der Waals surface area (Å²) in [5.41, 5.74) is 2.46. The number of amides is 1. The van der Waals surface area contributed by atoms with E-state index in [0.717, 1.165) is 25.2 Å². The van der Waals surface area contributed by atoms with Crippen molar-refractivity contribution in [3.63, 3.8) is 0 Å². The zero-order valence-corrected chi connectivity index (χ0v) is 14.6. The maximum atomic E-state index is 12.5. The van der Waals surface area contributed by atoms with Crippen molar-refractivity contribution in [1.82, 2.24) is 25.4 Å². The molecule has 132 valence electrons. The van der Waals surface area contributed by atoms with Crippen molar-refractivity contribution < 1.29 is 4.79 Å². The van der Waals surface area contributed by atoms with E-state index in [-0.39, 0.29) is 18.0 Å². The minimum Gasteiger partial charge on any atom is -0.348 e. The minimum atomic E-state index is 0.0712. The molecule has 2 heterocycles. The number of fused-ring (bicyclic) bond motifs is 1. The van der Waals surface area contributed by atoms with Crippen LogP contribution >= 0.6 is 0 Å². The second kappa shape index (κ2) is 6.96. The summed E-state index contributed by atoms with van der Waals surface area (Å²) in [5, 5.41) is 10.8. The lowest BCUT2D eigenvalue weighted by Crippen LogP contribution is -2.44. The van der Waals surface area contributed by atoms with E-state index in [4.69, 9.17) is 0 Å². The molecule has 1 aromatic heterocycles. The number of carbonyl (C=O) groups excluding carboxylic acids is 1. The summed E-state index contributed by atoms with van der Waals surface area (Å²) in [5.74, 6) is 1.69. The van der Waals surface area contributed by atoms with Gasteiger partial charge in [-0.05, 0) is 37.7 Å². The van der Waals surface area contributed by atoms with Gasteiger partial charge in [-0.2, -0.15) is 5.10 Å². The van der Waals surface area contributed by atoms with Crippen molar-refractivity contribution in [2.45, 2.75) is 51.2 Å². The van der Waals surface area contributed by atoms with Gasteiger partial charge >= 0.3 is 0 Å². The van der Waals surface area contributed by atoms with E-state index in [1.54, 1.807) is 6.33 Å². The van der Waals surface area contributed by atoms with Gasteiger partial charge in [0.25, 0.3) is 0 Å². The molecule has 0 unspecified atom stereocenters. The number of nitrogens with one attached hydrogen (secondary N) is 2. The normalized spacial score (nSPS) is 20.8. The van der Waals surface area contributed by atoms with Gasteiger partial charge in [0.2, 0.25) is 5.91 Å². The average molecular weight is 339 g/mol. The third-order valence-electron chi connectivity index (χ3n) is 5.20. The highest BCUT2D eigenvalue weighted by Gasteiger charge is 2.33. The van der Waals surface area contributed by atoms with Crippen LogP contribution in [0.4, 0.5) is 0 Å². The highest BCUT2D eigenvalue weighted by molar-refractivity contribution is 5.78. The Morgan fingerprint density at radius 1 is 1.28 bits per heavy atom. The monoisotopic (exact) mass is 339 g/mol. The average Bonchev–Trinajstić information content (AvgIpc) is 3.35. The molecule has 2 aliphatic rings. The fraction of sp³-hybridized carbons (Fsp3) is 0.526. The van der Waals surface area contributed by atoms with Gasteiger partial charge in [-0.1, -0.05) is 29.8 Å². The third kappa shape index (κ3) is 3.90. The Morgan fingerprint density at radius 2 is 2.08 bits per heavy atom. The number of carbonyl (C=O) groups is 1. The molecule has 1 amide bonds. The van der Waals surface area contributed by atoms with Gasteiger partial charge in [-0.25, -0.2) is 9.67 Å². The molecule has 0 bridgehead atoms. The second-order valence-electron chi connectivity index (χ2n) is 7.27. The molecule has 1 aliphatic heterocycles. The first-order valence-corrected chi connectivity index (χ1v) is 9.15. The van der Waals surface area contributed by atoms with E-state index >= 15 is 0 Å². The van der Waals surface area contributed by atoms with Crippen LogP contribution in [0.15, 0.2) is 30.6 Å². The largest absolute Gasteiger partial charge is 0.348 e. The summed E-state index contributed by atoms with van der Waals surface area (Å²) in [6.45, 7) is 3.22. The van der Waals surface area contributed by atoms with Gasteiger partial charge in [0.1, 0.15) is 12.2 Å². The van der Waals surface area contributed by atoms with E-state index in [9.17, 15) is 4.79 Å². The number of benzene rings is 1. The second-order valence-corrected chi connectivity index (χ2v) is 7.27. The highest BCUT2D eigenvalue weighted by Crippen LogP contribution is 2.40. The number of nitrogens with zero attached hydrogens (tertiary/aromatic N) is 3. The van der Waals surface area contributed by atoms with Crippen LogP contribution in [0.2, 0.25) is 0 Å². The molecule has 4 rings (SSSR count). The number of rotatable bonds is 6. The molecule has 1 saturated carbocycles. The van der Waals surface area contributed by atoms with Crippen LogP contribution in [0.5, 0.6) is 0 Å². The van der Waals surface area contributed by atoms with Crippen molar-refractivity contribution in [1.29, 1.82) is 0 Å². The first-order valence-electron chi connectivity index (χ1n) is 9.15. The summed E-state index contributed by atoms with van der Waals surface area (Å²) in [4.78, 5) is 16.7. The predicted octanol–water partition coefficient (Wildman–Crippen LogP) is 1.76. The van der Waals surface area contributed by atoms with E-state index in [1.807, 2.05) is 4.68 Å². The van der Waals surface area contributed by atoms with Crippen molar-refractivity contribution in [2.75, 3.05) is 6.54 Å². The maximum absolute atomic E-state index is 12.5. The Morgan fingerprint density at radius 3 is 2.84 bits per heavy atom. The predicted molar refractivity (Wildman–Crippen MR) is 94.9 cm³/mol. The molecule has 6 heteroatoms. The van der Waals surface area contributed by atoms with Crippen molar-refractivity contribution >= 4 is 5.91 Å². The Labute approximate surface area is 148 Å². The first kappa shape index (κ1) is 16.3. The van der Waals surface area contributed by atoms with E-state index < -0.39 is 0 Å². The molecule has 25 heavy (non-hydrogen) atoms. The molecule has 6 nitrogen and oxygen atoms in total. The van der Waals surface area contributed by atoms with Gasteiger partial charge in [-0.3, -0.25) is 4.79 Å². The molecular formula is C19H25N5O. The minimum absolute atomic E-state index is 0.0712. The molecule has 1 aromatic carbocycles. The lowest BCUT2D eigenvalue weighted by atomic mass is 10.0. The van der Waals surface area contributed by atoms with Crippen LogP contribution in [-0.2, 0) is 17.8 Å². The lowest BCUT2D eigenvalue weighted by Gasteiger charge is -2.24. The van der Waals surface area contributed by atoms with Crippen LogP contribution in [0.1, 0.15) is 42.3 Å². The Kier molecular flexibility index (Phi) is 4.53. The zero-order chi connectivity index (χ0) is 17.2. The topological polar surface area (TPSA) is 71.8 Å². The third-order valence-corrected chi connectivity index (χ3v) is 5.20. The number of hydrogen-bond donors (Lipinski definition) is 2. The molecular weight excluding hydrogens is 314 g/mol. The van der Waals surface area contributed by atoms with Crippen LogP contribution in [0.3, 0.4) is 0 Å². The van der Waals surface area contributed by atoms with Crippen LogP contribution < -0.4 is 10.6 Å². The van der Waals surface area contributed by atoms with E-state index in [0.29, 0.717) is 12.5 Å². The lowest BCUT2D eigenvalue weighted by molar-refractivity contribution is -0.121. The van der Waals surface area contributed by atoms with Gasteiger partial charge in [-0.15, -0.1) is 0 Å². The number of aromatic nitrogens is 3. The summed E-state index contributed by atoms with van der Waals surface area (Å²) in [6.07, 6.45) is 5.91. The molecule has 1 aliphatic carbocycles. The fourth-order valence-electron chi connectivity index (χ4n) is 3.54. The van der Waals surface area contributed by atoms with Gasteiger partial charge in [0, 0.05) is 12.5 Å². The summed E-state index contributed by atoms with van der Waals surface area (Å²) in [6, 6.07) is 8.93. The van der Waals surface area contributed by atoms with Crippen molar-refractivity contribution in [3.05, 3.63) is 47.5 Å². The molecule has 0 saturated heterocycles. The van der Waals surface area contributed by atoms with Crippen molar-refractivity contribution in [2.24, 2.45) is 5.92 Å². The quantitative estimate of drug-likeness (QED) is 0.841. The molecule has 2 aromatic rings. The molecule has 2 atom stereocenters. The van der Waals surface area contributed by atoms with Crippen LogP contribution in [-0.4, -0.2) is 33.3 Å². The molecule has 1 fully saturated rings. The zero-order valence-electron chi connectivity index (χ0n) is 14.6. The summed E-state index contributed by atoms with van der Waals surface area (Å²) < 4.78 is 1.93. The number of aryl methyl sites for hydroxylation is 2. The van der Waals surface area contributed by atoms with Crippen molar-refractivity contribution in [3.8, 4) is 0 Å². The van der Waals surface area contributed by atoms with Crippen LogP contribution in [0, 0.1) is 12.8 Å². The maximum Gasteiger partial charge on any atom is 0.234 e. The standard InChI is InChI=1S/C19H25N5O/c1-13-2-4-14(5-3-13)19(15-6-7-15)23-18(25)10-20-16-8-9-17-21-12-22-24(17)11-16/h2-5,12,15-16,19-20H,6-11H2,1H3,(H,23,25)/t16-,19-/m0/s1. The van der Waals surface area contributed by atoms with Gasteiger partial charge in [0.05, 0.1) is 19.1 Å². The Hall–Kier alpha value is -2.21. The van der Waals surface area contributed by atoms with E-state index in [1.165, 1.54) is 24.0 Å². The van der Waals surface area contributed by atoms with E-state index in [2.05, 4.69) is 51.9 Å². The Balaban J connectivity index is 1.31. The SMILES string of the molecule is Cc1ccc([C@H](NC(=O)CN[C@H]2CCc3ncnn3C2)C2CC2)cc1. The van der Waals surface area contributed by atoms with Gasteiger partial charge in [0.15, 0.2) is 0 Å². The van der Waals surface area contributed by atoms with Crippen LogP contribution in [0.25, 0.3) is 0 Å². The highest BCUT2D eigenvalue weighted by atomic mass is 16.2. The molecule has 2 N–H and O–H groups in total. The summed E-state index contributed by atoms with van der Waals surface area (Å²) >= 11 is 0. The van der Waals surface area contributed by atoms with Gasteiger partial charge < -0.3 is 10.6 Å². The Bertz CT molecular complexity index is 735. The smallest absolute Gasteiger partial charge is 0.234 e. The molecule has 0 spiro atoms. The fourth-order valence-corrected chi connectivity index (χ4v) is 3.54. The number of hydrogen-bond acceptors (Lipinski definition) is 4. The first-order chi connectivity index (χ1) is 12.2. The molecule has 0 radical (unpaired) electrons.